The lowest BCUT2D eigenvalue weighted by Crippen LogP contribution is -2.31. The van der Waals surface area contributed by atoms with E-state index in [-0.39, 0.29) is 11.8 Å². The first-order chi connectivity index (χ1) is 9.15. The highest BCUT2D eigenvalue weighted by molar-refractivity contribution is 5.99. The number of carbonyl (C=O) groups excluding carboxylic acids is 2. The molecule has 2 amide bonds. The molecule has 1 heterocycles. The summed E-state index contributed by atoms with van der Waals surface area (Å²) in [5, 5.41) is 2.89. The van der Waals surface area contributed by atoms with Crippen LogP contribution in [0.25, 0.3) is 0 Å². The Bertz CT molecular complexity index is 479. The lowest BCUT2D eigenvalue weighted by atomic mass is 10.1. The maximum absolute atomic E-state index is 12.2. The smallest absolute Gasteiger partial charge is 0.255 e. The minimum Gasteiger partial charge on any atom is -0.349 e. The number of hydrogen-bond acceptors (Lipinski definition) is 3. The van der Waals surface area contributed by atoms with Gasteiger partial charge < -0.3 is 10.2 Å². The summed E-state index contributed by atoms with van der Waals surface area (Å²) in [5.74, 6) is -0.234. The quantitative estimate of drug-likeness (QED) is 0.872. The molecule has 5 nitrogen and oxygen atoms in total. The Labute approximate surface area is 113 Å². The van der Waals surface area contributed by atoms with Gasteiger partial charge in [0.1, 0.15) is 0 Å². The van der Waals surface area contributed by atoms with E-state index in [9.17, 15) is 9.59 Å². The summed E-state index contributed by atoms with van der Waals surface area (Å²) < 4.78 is 0. The van der Waals surface area contributed by atoms with Gasteiger partial charge in [-0.05, 0) is 32.8 Å². The van der Waals surface area contributed by atoms with Gasteiger partial charge >= 0.3 is 0 Å². The average molecular weight is 261 g/mol. The molecule has 0 unspecified atom stereocenters. The van der Waals surface area contributed by atoms with Crippen LogP contribution < -0.4 is 5.32 Å². The van der Waals surface area contributed by atoms with Gasteiger partial charge in [-0.15, -0.1) is 0 Å². The summed E-state index contributed by atoms with van der Waals surface area (Å²) >= 11 is 0. The highest BCUT2D eigenvalue weighted by atomic mass is 16.2. The van der Waals surface area contributed by atoms with Gasteiger partial charge in [-0.2, -0.15) is 0 Å². The molecular formula is C14H19N3O2. The number of aromatic nitrogens is 1. The first-order valence-electron chi connectivity index (χ1n) is 6.70. The molecule has 1 N–H and O–H groups in total. The fourth-order valence-electron chi connectivity index (χ4n) is 1.87. The number of pyridine rings is 1. The minimum absolute atomic E-state index is 0.0847. The Balaban J connectivity index is 2.13. The predicted molar refractivity (Wildman–Crippen MR) is 72.0 cm³/mol. The van der Waals surface area contributed by atoms with Crippen LogP contribution in [-0.2, 0) is 0 Å². The fourth-order valence-corrected chi connectivity index (χ4v) is 1.87. The van der Waals surface area contributed by atoms with Gasteiger partial charge in [0.2, 0.25) is 0 Å². The van der Waals surface area contributed by atoms with Gasteiger partial charge in [0.05, 0.1) is 11.1 Å². The summed E-state index contributed by atoms with van der Waals surface area (Å²) in [7, 11) is 0. The molecule has 1 aliphatic carbocycles. The van der Waals surface area contributed by atoms with Crippen LogP contribution in [-0.4, -0.2) is 40.8 Å². The van der Waals surface area contributed by atoms with E-state index in [1.807, 2.05) is 13.8 Å². The highest BCUT2D eigenvalue weighted by Crippen LogP contribution is 2.19. The number of amides is 2. The normalized spacial score (nSPS) is 14.0. The van der Waals surface area contributed by atoms with E-state index < -0.39 is 0 Å². The van der Waals surface area contributed by atoms with E-state index in [2.05, 4.69) is 10.3 Å². The molecule has 0 aromatic carbocycles. The zero-order valence-corrected chi connectivity index (χ0v) is 11.3. The summed E-state index contributed by atoms with van der Waals surface area (Å²) in [6, 6.07) is 1.92. The first-order valence-corrected chi connectivity index (χ1v) is 6.70. The zero-order chi connectivity index (χ0) is 13.8. The van der Waals surface area contributed by atoms with E-state index in [0.717, 1.165) is 12.8 Å². The molecule has 0 spiro atoms. The van der Waals surface area contributed by atoms with Crippen LogP contribution in [0.4, 0.5) is 0 Å². The Hall–Kier alpha value is -1.91. The Morgan fingerprint density at radius 3 is 2.47 bits per heavy atom. The van der Waals surface area contributed by atoms with E-state index in [4.69, 9.17) is 0 Å². The molecule has 0 aliphatic heterocycles. The Morgan fingerprint density at radius 1 is 1.26 bits per heavy atom. The summed E-state index contributed by atoms with van der Waals surface area (Å²) in [5.41, 5.74) is 0.914. The van der Waals surface area contributed by atoms with E-state index in [0.29, 0.717) is 30.3 Å². The van der Waals surface area contributed by atoms with Gasteiger partial charge in [0.25, 0.3) is 11.8 Å². The SMILES string of the molecule is CCN(CC)C(=O)c1cncc(C(=O)NC2CC2)c1. The third kappa shape index (κ3) is 3.30. The molecule has 1 aromatic rings. The number of rotatable bonds is 5. The van der Waals surface area contributed by atoms with Crippen molar-refractivity contribution in [2.45, 2.75) is 32.7 Å². The minimum atomic E-state index is -0.149. The van der Waals surface area contributed by atoms with E-state index >= 15 is 0 Å². The average Bonchev–Trinajstić information content (AvgIpc) is 3.24. The Morgan fingerprint density at radius 2 is 1.89 bits per heavy atom. The van der Waals surface area contributed by atoms with E-state index in [1.54, 1.807) is 11.0 Å². The molecule has 5 heteroatoms. The molecule has 19 heavy (non-hydrogen) atoms. The number of carbonyl (C=O) groups is 2. The molecular weight excluding hydrogens is 242 g/mol. The van der Waals surface area contributed by atoms with Crippen molar-refractivity contribution in [2.75, 3.05) is 13.1 Å². The molecule has 0 bridgehead atoms. The molecule has 1 saturated carbocycles. The van der Waals surface area contributed by atoms with Crippen molar-refractivity contribution in [3.63, 3.8) is 0 Å². The monoisotopic (exact) mass is 261 g/mol. The van der Waals surface area contributed by atoms with Crippen LogP contribution in [0, 0.1) is 0 Å². The topological polar surface area (TPSA) is 62.3 Å². The van der Waals surface area contributed by atoms with Gasteiger partial charge in [0, 0.05) is 31.5 Å². The van der Waals surface area contributed by atoms with Crippen molar-refractivity contribution in [1.82, 2.24) is 15.2 Å². The highest BCUT2D eigenvalue weighted by Gasteiger charge is 2.24. The lowest BCUT2D eigenvalue weighted by Gasteiger charge is -2.18. The van der Waals surface area contributed by atoms with Crippen LogP contribution in [0.1, 0.15) is 47.4 Å². The van der Waals surface area contributed by atoms with Gasteiger partial charge in [0.15, 0.2) is 0 Å². The van der Waals surface area contributed by atoms with Crippen LogP contribution >= 0.6 is 0 Å². The van der Waals surface area contributed by atoms with Crippen LogP contribution in [0.5, 0.6) is 0 Å². The maximum atomic E-state index is 12.2. The third-order valence-electron chi connectivity index (χ3n) is 3.21. The molecule has 1 fully saturated rings. The van der Waals surface area contributed by atoms with Crippen LogP contribution in [0.2, 0.25) is 0 Å². The molecule has 0 saturated heterocycles. The second-order valence-corrected chi connectivity index (χ2v) is 4.69. The largest absolute Gasteiger partial charge is 0.349 e. The Kier molecular flexibility index (Phi) is 4.14. The van der Waals surface area contributed by atoms with Crippen molar-refractivity contribution in [2.24, 2.45) is 0 Å². The molecule has 0 radical (unpaired) electrons. The molecule has 0 atom stereocenters. The lowest BCUT2D eigenvalue weighted by molar-refractivity contribution is 0.0772. The van der Waals surface area contributed by atoms with Crippen LogP contribution in [0.15, 0.2) is 18.5 Å². The number of nitrogens with zero attached hydrogens (tertiary/aromatic N) is 2. The van der Waals surface area contributed by atoms with Crippen molar-refractivity contribution >= 4 is 11.8 Å². The molecule has 102 valence electrons. The molecule has 1 aliphatic rings. The second kappa shape index (κ2) is 5.82. The van der Waals surface area contributed by atoms with Crippen molar-refractivity contribution < 1.29 is 9.59 Å². The molecule has 1 aromatic heterocycles. The fraction of sp³-hybridized carbons (Fsp3) is 0.500. The van der Waals surface area contributed by atoms with Gasteiger partial charge in [-0.25, -0.2) is 0 Å². The molecule has 2 rings (SSSR count). The van der Waals surface area contributed by atoms with Crippen molar-refractivity contribution in [3.05, 3.63) is 29.6 Å². The zero-order valence-electron chi connectivity index (χ0n) is 11.3. The third-order valence-corrected chi connectivity index (χ3v) is 3.21. The first kappa shape index (κ1) is 13.5. The van der Waals surface area contributed by atoms with E-state index in [1.165, 1.54) is 12.4 Å². The van der Waals surface area contributed by atoms with Crippen LogP contribution in [0.3, 0.4) is 0 Å². The number of nitrogens with one attached hydrogen (secondary N) is 1. The second-order valence-electron chi connectivity index (χ2n) is 4.69. The summed E-state index contributed by atoms with van der Waals surface area (Å²) in [6.07, 6.45) is 5.08. The summed E-state index contributed by atoms with van der Waals surface area (Å²) in [6.45, 7) is 5.15. The predicted octanol–water partition coefficient (Wildman–Crippen LogP) is 1.46. The van der Waals surface area contributed by atoms with Gasteiger partial charge in [-0.1, -0.05) is 0 Å². The number of hydrogen-bond donors (Lipinski definition) is 1. The maximum Gasteiger partial charge on any atom is 0.255 e. The standard InChI is InChI=1S/C14H19N3O2/c1-3-17(4-2)14(19)11-7-10(8-15-9-11)13(18)16-12-5-6-12/h7-9,12H,3-6H2,1-2H3,(H,16,18). The van der Waals surface area contributed by atoms with Gasteiger partial charge in [-0.3, -0.25) is 14.6 Å². The van der Waals surface area contributed by atoms with Crippen molar-refractivity contribution in [1.29, 1.82) is 0 Å². The van der Waals surface area contributed by atoms with Crippen molar-refractivity contribution in [3.8, 4) is 0 Å². The summed E-state index contributed by atoms with van der Waals surface area (Å²) in [4.78, 5) is 29.8.